The Hall–Kier alpha value is -2.31. The van der Waals surface area contributed by atoms with E-state index in [4.69, 9.17) is 4.74 Å². The van der Waals surface area contributed by atoms with Crippen LogP contribution in [0.2, 0.25) is 0 Å². The molecule has 0 unspecified atom stereocenters. The number of unbranched alkanes of at least 4 members (excludes halogenated alkanes) is 2. The monoisotopic (exact) mass is 381 g/mol. The number of nitrogens with zero attached hydrogens (tertiary/aromatic N) is 3. The number of alkyl halides is 3. The zero-order valence-electron chi connectivity index (χ0n) is 16.2. The summed E-state index contributed by atoms with van der Waals surface area (Å²) in [6.07, 6.45) is 0.362. The number of aromatic nitrogens is 2. The first-order valence-electron chi connectivity index (χ1n) is 9.16. The third kappa shape index (κ3) is 5.84. The van der Waals surface area contributed by atoms with Crippen molar-refractivity contribution in [1.29, 1.82) is 0 Å². The summed E-state index contributed by atoms with van der Waals surface area (Å²) in [7, 11) is 1.56. The molecule has 0 radical (unpaired) electrons. The van der Waals surface area contributed by atoms with Gasteiger partial charge in [0.2, 0.25) is 0 Å². The van der Waals surface area contributed by atoms with Gasteiger partial charge < -0.3 is 9.64 Å². The van der Waals surface area contributed by atoms with Crippen LogP contribution in [0, 0.1) is 0 Å². The molecule has 0 saturated carbocycles. The number of rotatable bonds is 8. The number of benzene rings is 1. The highest BCUT2D eigenvalue weighted by atomic mass is 19.4. The maximum atomic E-state index is 13.4. The van der Waals surface area contributed by atoms with Gasteiger partial charge in [0.1, 0.15) is 5.56 Å². The number of anilines is 2. The molecule has 1 aromatic carbocycles. The minimum Gasteiger partial charge on any atom is -0.461 e. The van der Waals surface area contributed by atoms with Crippen LogP contribution in [-0.2, 0) is 12.6 Å². The van der Waals surface area contributed by atoms with Crippen molar-refractivity contribution in [3.05, 3.63) is 41.6 Å². The fourth-order valence-electron chi connectivity index (χ4n) is 2.67. The van der Waals surface area contributed by atoms with Gasteiger partial charge in [0, 0.05) is 18.9 Å². The van der Waals surface area contributed by atoms with Crippen LogP contribution < -0.4 is 9.64 Å². The summed E-state index contributed by atoms with van der Waals surface area (Å²) in [5, 5.41) is 0. The maximum absolute atomic E-state index is 13.4. The molecule has 0 spiro atoms. The van der Waals surface area contributed by atoms with E-state index in [1.54, 1.807) is 20.9 Å². The highest BCUT2D eigenvalue weighted by Crippen LogP contribution is 2.37. The van der Waals surface area contributed by atoms with E-state index < -0.39 is 11.7 Å². The minimum atomic E-state index is -4.56. The van der Waals surface area contributed by atoms with E-state index in [1.807, 2.05) is 24.3 Å². The van der Waals surface area contributed by atoms with Gasteiger partial charge in [-0.05, 0) is 44.4 Å². The van der Waals surface area contributed by atoms with Gasteiger partial charge in [0.25, 0.3) is 0 Å². The summed E-state index contributed by atoms with van der Waals surface area (Å²) < 4.78 is 45.6. The number of aryl methyl sites for hydroxylation is 1. The molecule has 148 valence electrons. The van der Waals surface area contributed by atoms with Gasteiger partial charge in [-0.25, -0.2) is 4.98 Å². The van der Waals surface area contributed by atoms with Crippen molar-refractivity contribution in [3.8, 4) is 6.01 Å². The second-order valence-electron chi connectivity index (χ2n) is 6.74. The third-order valence-corrected chi connectivity index (χ3v) is 4.10. The summed E-state index contributed by atoms with van der Waals surface area (Å²) >= 11 is 0. The lowest BCUT2D eigenvalue weighted by atomic mass is 10.1. The number of ether oxygens (including phenoxy) is 1. The largest absolute Gasteiger partial charge is 0.461 e. The molecular weight excluding hydrogens is 355 g/mol. The Morgan fingerprint density at radius 3 is 2.33 bits per heavy atom. The van der Waals surface area contributed by atoms with Gasteiger partial charge in [-0.3, -0.25) is 0 Å². The zero-order chi connectivity index (χ0) is 20.0. The topological polar surface area (TPSA) is 38.2 Å². The molecule has 0 amide bonds. The molecule has 0 N–H and O–H groups in total. The number of hydrogen-bond acceptors (Lipinski definition) is 4. The van der Waals surface area contributed by atoms with Gasteiger partial charge in [-0.1, -0.05) is 31.9 Å². The van der Waals surface area contributed by atoms with E-state index in [-0.39, 0.29) is 17.9 Å². The summed E-state index contributed by atoms with van der Waals surface area (Å²) in [4.78, 5) is 9.12. The van der Waals surface area contributed by atoms with Crippen LogP contribution in [0.15, 0.2) is 30.5 Å². The van der Waals surface area contributed by atoms with Crippen molar-refractivity contribution in [2.24, 2.45) is 0 Å². The van der Waals surface area contributed by atoms with Crippen LogP contribution in [-0.4, -0.2) is 23.1 Å². The first kappa shape index (κ1) is 21.0. The average molecular weight is 381 g/mol. The van der Waals surface area contributed by atoms with Gasteiger partial charge >= 0.3 is 12.2 Å². The van der Waals surface area contributed by atoms with E-state index in [9.17, 15) is 13.2 Å². The van der Waals surface area contributed by atoms with Crippen LogP contribution in [0.1, 0.15) is 51.2 Å². The number of hydrogen-bond donors (Lipinski definition) is 0. The average Bonchev–Trinajstić information content (AvgIpc) is 2.60. The van der Waals surface area contributed by atoms with E-state index in [0.29, 0.717) is 5.69 Å². The second kappa shape index (κ2) is 9.06. The Morgan fingerprint density at radius 1 is 1.11 bits per heavy atom. The van der Waals surface area contributed by atoms with Gasteiger partial charge in [-0.15, -0.1) is 0 Å². The first-order valence-corrected chi connectivity index (χ1v) is 9.16. The van der Waals surface area contributed by atoms with Crippen molar-refractivity contribution in [2.75, 3.05) is 11.9 Å². The molecule has 0 aliphatic heterocycles. The molecule has 2 rings (SSSR count). The smallest absolute Gasteiger partial charge is 0.421 e. The standard InChI is InChI=1S/C20H26F3N3O/c1-5-6-7-8-15-9-11-16(12-10-15)26(4)18-17(20(21,22)23)13-24-19(25-18)27-14(2)3/h9-14H,5-8H2,1-4H3. The quantitative estimate of drug-likeness (QED) is 0.543. The van der Waals surface area contributed by atoms with Gasteiger partial charge in [0.15, 0.2) is 5.82 Å². The van der Waals surface area contributed by atoms with Crippen LogP contribution in [0.5, 0.6) is 6.01 Å². The Labute approximate surface area is 158 Å². The fraction of sp³-hybridized carbons (Fsp3) is 0.500. The highest BCUT2D eigenvalue weighted by molar-refractivity contribution is 5.63. The fourth-order valence-corrected chi connectivity index (χ4v) is 2.67. The Balaban J connectivity index is 2.31. The lowest BCUT2D eigenvalue weighted by Crippen LogP contribution is -2.20. The number of halogens is 3. The van der Waals surface area contributed by atoms with Gasteiger partial charge in [0.05, 0.1) is 6.10 Å². The zero-order valence-corrected chi connectivity index (χ0v) is 16.2. The minimum absolute atomic E-state index is 0.0731. The summed E-state index contributed by atoms with van der Waals surface area (Å²) in [6.45, 7) is 5.68. The second-order valence-corrected chi connectivity index (χ2v) is 6.74. The molecule has 2 aromatic rings. The van der Waals surface area contributed by atoms with E-state index >= 15 is 0 Å². The lowest BCUT2D eigenvalue weighted by Gasteiger charge is -2.23. The lowest BCUT2D eigenvalue weighted by molar-refractivity contribution is -0.137. The molecule has 0 aliphatic rings. The van der Waals surface area contributed by atoms with Crippen LogP contribution in [0.3, 0.4) is 0 Å². The molecule has 0 fully saturated rings. The molecule has 0 aliphatic carbocycles. The summed E-state index contributed by atoms with van der Waals surface area (Å²) in [5.74, 6) is -0.230. The predicted molar refractivity (Wildman–Crippen MR) is 101 cm³/mol. The Morgan fingerprint density at radius 2 is 1.78 bits per heavy atom. The third-order valence-electron chi connectivity index (χ3n) is 4.10. The van der Waals surface area contributed by atoms with E-state index in [1.165, 1.54) is 10.5 Å². The van der Waals surface area contributed by atoms with Crippen LogP contribution >= 0.6 is 0 Å². The summed E-state index contributed by atoms with van der Waals surface area (Å²) in [6, 6.07) is 7.44. The van der Waals surface area contributed by atoms with Crippen LogP contribution in [0.25, 0.3) is 0 Å². The Kier molecular flexibility index (Phi) is 7.05. The van der Waals surface area contributed by atoms with Crippen molar-refractivity contribution < 1.29 is 17.9 Å². The molecule has 1 heterocycles. The van der Waals surface area contributed by atoms with E-state index in [0.717, 1.165) is 31.9 Å². The normalized spacial score (nSPS) is 11.7. The Bertz CT molecular complexity index is 730. The molecule has 0 bridgehead atoms. The van der Waals surface area contributed by atoms with Gasteiger partial charge in [-0.2, -0.15) is 18.2 Å². The maximum Gasteiger partial charge on any atom is 0.421 e. The molecule has 1 aromatic heterocycles. The molecule has 0 atom stereocenters. The van der Waals surface area contributed by atoms with Crippen molar-refractivity contribution >= 4 is 11.5 Å². The van der Waals surface area contributed by atoms with E-state index in [2.05, 4.69) is 16.9 Å². The molecular formula is C20H26F3N3O. The van der Waals surface area contributed by atoms with Crippen molar-refractivity contribution in [1.82, 2.24) is 9.97 Å². The molecule has 7 heteroatoms. The first-order chi connectivity index (χ1) is 12.7. The predicted octanol–water partition coefficient (Wildman–Crippen LogP) is 5.78. The van der Waals surface area contributed by atoms with Crippen molar-refractivity contribution in [3.63, 3.8) is 0 Å². The molecule has 4 nitrogen and oxygen atoms in total. The highest BCUT2D eigenvalue weighted by Gasteiger charge is 2.36. The van der Waals surface area contributed by atoms with Crippen LogP contribution in [0.4, 0.5) is 24.7 Å². The molecule has 27 heavy (non-hydrogen) atoms. The SMILES string of the molecule is CCCCCc1ccc(N(C)c2nc(OC(C)C)ncc2C(F)(F)F)cc1. The van der Waals surface area contributed by atoms with Crippen molar-refractivity contribution in [2.45, 2.75) is 58.7 Å². The molecule has 0 saturated heterocycles. The summed E-state index contributed by atoms with van der Waals surface area (Å²) in [5.41, 5.74) is 0.894.